The Morgan fingerprint density at radius 1 is 1.09 bits per heavy atom. The zero-order valence-electron chi connectivity index (χ0n) is 18.8. The summed E-state index contributed by atoms with van der Waals surface area (Å²) < 4.78 is 18.5. The number of nitrogens with zero attached hydrogens (tertiary/aromatic N) is 1. The third kappa shape index (κ3) is 6.17. The Hall–Kier alpha value is -3.43. The second kappa shape index (κ2) is 10.9. The molecule has 7 nitrogen and oxygen atoms in total. The minimum absolute atomic E-state index is 0.156. The van der Waals surface area contributed by atoms with E-state index in [4.69, 9.17) is 14.2 Å². The van der Waals surface area contributed by atoms with Crippen LogP contribution in [-0.4, -0.2) is 24.9 Å². The molecule has 1 aliphatic rings. The van der Waals surface area contributed by atoms with Gasteiger partial charge in [0.1, 0.15) is 6.61 Å². The number of benzene rings is 3. The van der Waals surface area contributed by atoms with Crippen LogP contribution in [0.3, 0.4) is 0 Å². The minimum Gasteiger partial charge on any atom is -0.493 e. The molecular formula is C26H20Br2N2O5. The molecule has 1 amide bonds. The van der Waals surface area contributed by atoms with Crippen molar-refractivity contribution in [3.63, 3.8) is 0 Å². The number of rotatable bonds is 7. The number of cyclic esters (lactones) is 1. The van der Waals surface area contributed by atoms with Crippen LogP contribution in [0.5, 0.6) is 11.5 Å². The van der Waals surface area contributed by atoms with Gasteiger partial charge in [-0.25, -0.2) is 9.79 Å². The lowest BCUT2D eigenvalue weighted by molar-refractivity contribution is -0.129. The molecule has 0 bridgehead atoms. The van der Waals surface area contributed by atoms with Crippen LogP contribution in [0.2, 0.25) is 0 Å². The van der Waals surface area contributed by atoms with Gasteiger partial charge in [0.25, 0.3) is 0 Å². The third-order valence-corrected chi connectivity index (χ3v) is 6.04. The molecule has 0 fully saturated rings. The highest BCUT2D eigenvalue weighted by atomic mass is 79.9. The van der Waals surface area contributed by atoms with E-state index in [0.29, 0.717) is 39.4 Å². The van der Waals surface area contributed by atoms with E-state index in [1.165, 1.54) is 6.92 Å². The number of halogens is 2. The number of nitrogens with one attached hydrogen (secondary N) is 1. The van der Waals surface area contributed by atoms with Gasteiger partial charge in [-0.05, 0) is 81.7 Å². The van der Waals surface area contributed by atoms with Crippen molar-refractivity contribution in [3.8, 4) is 11.5 Å². The van der Waals surface area contributed by atoms with Crippen molar-refractivity contribution in [1.82, 2.24) is 0 Å². The van der Waals surface area contributed by atoms with E-state index >= 15 is 0 Å². The predicted octanol–water partition coefficient (Wildman–Crippen LogP) is 6.10. The number of ether oxygens (including phenoxy) is 3. The van der Waals surface area contributed by atoms with Gasteiger partial charge in [0.05, 0.1) is 11.6 Å². The highest BCUT2D eigenvalue weighted by Crippen LogP contribution is 2.38. The van der Waals surface area contributed by atoms with Gasteiger partial charge in [0.15, 0.2) is 17.2 Å². The molecule has 178 valence electrons. The summed E-state index contributed by atoms with van der Waals surface area (Å²) in [6, 6.07) is 18.3. The minimum atomic E-state index is -0.559. The van der Waals surface area contributed by atoms with E-state index in [-0.39, 0.29) is 17.5 Å². The van der Waals surface area contributed by atoms with Gasteiger partial charge in [-0.3, -0.25) is 4.79 Å². The van der Waals surface area contributed by atoms with E-state index < -0.39 is 5.97 Å². The van der Waals surface area contributed by atoms with Crippen LogP contribution in [0.1, 0.15) is 23.6 Å². The molecule has 1 N–H and O–H groups in total. The summed E-state index contributed by atoms with van der Waals surface area (Å²) in [6.07, 6.45) is 1.62. The van der Waals surface area contributed by atoms with Crippen molar-refractivity contribution in [2.24, 2.45) is 4.99 Å². The van der Waals surface area contributed by atoms with Crippen molar-refractivity contribution >= 4 is 61.4 Å². The molecule has 0 saturated heterocycles. The molecule has 3 aromatic rings. The summed E-state index contributed by atoms with van der Waals surface area (Å²) in [6.45, 7) is 1.80. The number of hydrogen-bond donors (Lipinski definition) is 1. The summed E-state index contributed by atoms with van der Waals surface area (Å²) in [5.74, 6) is 0.522. The molecule has 0 atom stereocenters. The lowest BCUT2D eigenvalue weighted by Crippen LogP contribution is -2.07. The number of hydrogen-bond acceptors (Lipinski definition) is 6. The first-order valence-electron chi connectivity index (χ1n) is 10.5. The first-order valence-corrected chi connectivity index (χ1v) is 12.1. The van der Waals surface area contributed by atoms with Crippen molar-refractivity contribution < 1.29 is 23.8 Å². The van der Waals surface area contributed by atoms with Crippen molar-refractivity contribution in [2.45, 2.75) is 13.5 Å². The molecular weight excluding hydrogens is 580 g/mol. The molecule has 9 heteroatoms. The molecule has 0 unspecified atom stereocenters. The maximum absolute atomic E-state index is 12.4. The first kappa shape index (κ1) is 24.7. The van der Waals surface area contributed by atoms with Crippen molar-refractivity contribution in [1.29, 1.82) is 0 Å². The first-order chi connectivity index (χ1) is 16.8. The Labute approximate surface area is 219 Å². The average molecular weight is 600 g/mol. The number of esters is 1. The fourth-order valence-electron chi connectivity index (χ4n) is 3.29. The summed E-state index contributed by atoms with van der Waals surface area (Å²) >= 11 is 6.96. The highest BCUT2D eigenvalue weighted by molar-refractivity contribution is 9.10. The van der Waals surface area contributed by atoms with Crippen molar-refractivity contribution in [3.05, 3.63) is 92.0 Å². The molecule has 0 saturated carbocycles. The Morgan fingerprint density at radius 3 is 2.46 bits per heavy atom. The van der Waals surface area contributed by atoms with Crippen LogP contribution in [0.15, 0.2) is 80.3 Å². The Balaban J connectivity index is 1.54. The largest absolute Gasteiger partial charge is 0.493 e. The molecule has 0 aliphatic carbocycles. The van der Waals surface area contributed by atoms with E-state index in [1.807, 2.05) is 30.3 Å². The summed E-state index contributed by atoms with van der Waals surface area (Å²) in [7, 11) is 1.55. The number of methoxy groups -OCH3 is 1. The lowest BCUT2D eigenvalue weighted by Gasteiger charge is -2.14. The second-order valence-electron chi connectivity index (χ2n) is 7.54. The van der Waals surface area contributed by atoms with Crippen LogP contribution >= 0.6 is 31.9 Å². The number of amides is 1. The fraction of sp³-hybridized carbons (Fsp3) is 0.115. The predicted molar refractivity (Wildman–Crippen MR) is 141 cm³/mol. The van der Waals surface area contributed by atoms with Gasteiger partial charge in [0.2, 0.25) is 11.8 Å². The number of carbonyl (C=O) groups excluding carboxylic acids is 2. The van der Waals surface area contributed by atoms with Crippen LogP contribution in [0, 0.1) is 0 Å². The van der Waals surface area contributed by atoms with Gasteiger partial charge in [-0.15, -0.1) is 0 Å². The van der Waals surface area contributed by atoms with E-state index in [0.717, 1.165) is 10.0 Å². The van der Waals surface area contributed by atoms with Crippen LogP contribution in [0.25, 0.3) is 6.08 Å². The van der Waals surface area contributed by atoms with E-state index in [9.17, 15) is 9.59 Å². The smallest absolute Gasteiger partial charge is 0.363 e. The van der Waals surface area contributed by atoms with Crippen LogP contribution in [-0.2, 0) is 20.9 Å². The Bertz CT molecular complexity index is 1330. The monoisotopic (exact) mass is 598 g/mol. The normalized spacial score (nSPS) is 13.9. The molecule has 0 radical (unpaired) electrons. The van der Waals surface area contributed by atoms with Crippen molar-refractivity contribution in [2.75, 3.05) is 12.4 Å². The number of carbonyl (C=O) groups is 2. The SMILES string of the molecule is COc1cc(/C=C2\N=C(c3ccc(NC(C)=O)cc3)OC2=O)cc(Br)c1OCc1ccc(Br)cc1. The molecule has 1 aliphatic heterocycles. The van der Waals surface area contributed by atoms with Gasteiger partial charge in [0, 0.05) is 22.6 Å². The average Bonchev–Trinajstić information content (AvgIpc) is 3.19. The standard InChI is InChI=1S/C26H20Br2N2O5/c1-15(31)29-20-9-5-18(6-10-20)25-30-22(26(32)35-25)12-17-11-21(28)24(23(13-17)33-2)34-14-16-3-7-19(27)8-4-16/h3-13H,14H2,1-2H3,(H,29,31)/b22-12-. The topological polar surface area (TPSA) is 86.2 Å². The highest BCUT2D eigenvalue weighted by Gasteiger charge is 2.24. The van der Waals surface area contributed by atoms with E-state index in [1.54, 1.807) is 43.5 Å². The molecule has 1 heterocycles. The molecule has 4 rings (SSSR count). The zero-order chi connectivity index (χ0) is 24.9. The Morgan fingerprint density at radius 2 is 1.80 bits per heavy atom. The maximum atomic E-state index is 12.4. The summed E-state index contributed by atoms with van der Waals surface area (Å²) in [5.41, 5.74) is 3.10. The Kier molecular flexibility index (Phi) is 7.67. The molecule has 35 heavy (non-hydrogen) atoms. The fourth-order valence-corrected chi connectivity index (χ4v) is 4.13. The molecule has 3 aromatic carbocycles. The van der Waals surface area contributed by atoms with Gasteiger partial charge in [-0.1, -0.05) is 28.1 Å². The van der Waals surface area contributed by atoms with Crippen LogP contribution in [0.4, 0.5) is 5.69 Å². The summed E-state index contributed by atoms with van der Waals surface area (Å²) in [4.78, 5) is 28.0. The van der Waals surface area contributed by atoms with Gasteiger partial charge in [-0.2, -0.15) is 0 Å². The molecule has 0 spiro atoms. The zero-order valence-corrected chi connectivity index (χ0v) is 22.0. The second-order valence-corrected chi connectivity index (χ2v) is 9.31. The lowest BCUT2D eigenvalue weighted by atomic mass is 10.1. The maximum Gasteiger partial charge on any atom is 0.363 e. The van der Waals surface area contributed by atoms with E-state index in [2.05, 4.69) is 42.2 Å². The quantitative estimate of drug-likeness (QED) is 0.262. The number of aliphatic imine (C=N–C) groups is 1. The van der Waals surface area contributed by atoms with Gasteiger partial charge < -0.3 is 19.5 Å². The third-order valence-electron chi connectivity index (χ3n) is 4.92. The number of anilines is 1. The molecule has 0 aromatic heterocycles. The van der Waals surface area contributed by atoms with Crippen LogP contribution < -0.4 is 14.8 Å². The summed E-state index contributed by atoms with van der Waals surface area (Å²) in [5, 5.41) is 2.69. The van der Waals surface area contributed by atoms with Gasteiger partial charge >= 0.3 is 5.97 Å².